The molecule has 1 aromatic heterocycles. The van der Waals surface area contributed by atoms with Gasteiger partial charge in [-0.3, -0.25) is 0 Å². The van der Waals surface area contributed by atoms with Crippen LogP contribution in [0.25, 0.3) is 82.8 Å². The van der Waals surface area contributed by atoms with Gasteiger partial charge in [-0.05, 0) is 104 Å². The quantitative estimate of drug-likeness (QED) is 0.150. The summed E-state index contributed by atoms with van der Waals surface area (Å²) < 4.78 is 2.44. The lowest BCUT2D eigenvalue weighted by atomic mass is 9.94. The third-order valence-corrected chi connectivity index (χ3v) is 11.8. The van der Waals surface area contributed by atoms with Crippen LogP contribution in [0.2, 0.25) is 0 Å². The SMILES string of the molecule is c1ccc(-c2cccc(N(c3ccc(-c4ccccc4-c4ccccc4)cc3)c3cccc(-c4cccc5c4c4ccc6ccccc6c4n5-c4ccccc4)c3)c2)cc1. The van der Waals surface area contributed by atoms with Gasteiger partial charge in [0.15, 0.2) is 0 Å². The maximum absolute atomic E-state index is 2.44. The van der Waals surface area contributed by atoms with E-state index in [0.29, 0.717) is 0 Å². The first-order chi connectivity index (χ1) is 29.8. The molecule has 2 heteroatoms. The summed E-state index contributed by atoms with van der Waals surface area (Å²) in [6.07, 6.45) is 0. The summed E-state index contributed by atoms with van der Waals surface area (Å²) in [5.74, 6) is 0. The van der Waals surface area contributed by atoms with Crippen LogP contribution in [0.3, 0.4) is 0 Å². The lowest BCUT2D eigenvalue weighted by Crippen LogP contribution is -2.10. The second-order valence-corrected chi connectivity index (χ2v) is 15.3. The van der Waals surface area contributed by atoms with E-state index in [4.69, 9.17) is 0 Å². The maximum Gasteiger partial charge on any atom is 0.0619 e. The molecular weight excluding hydrogens is 725 g/mol. The van der Waals surface area contributed by atoms with Crippen LogP contribution in [0.1, 0.15) is 0 Å². The molecule has 60 heavy (non-hydrogen) atoms. The second kappa shape index (κ2) is 15.1. The Morgan fingerprint density at radius 3 is 1.55 bits per heavy atom. The number of rotatable bonds is 8. The fourth-order valence-electron chi connectivity index (χ4n) is 9.02. The minimum absolute atomic E-state index is 1.09. The smallest absolute Gasteiger partial charge is 0.0619 e. The molecule has 0 saturated carbocycles. The number of aromatic nitrogens is 1. The highest BCUT2D eigenvalue weighted by molar-refractivity contribution is 6.22. The van der Waals surface area contributed by atoms with E-state index in [9.17, 15) is 0 Å². The van der Waals surface area contributed by atoms with E-state index in [2.05, 4.69) is 252 Å². The molecule has 2 nitrogen and oxygen atoms in total. The normalized spacial score (nSPS) is 11.3. The van der Waals surface area contributed by atoms with Gasteiger partial charge in [0.05, 0.1) is 11.0 Å². The molecule has 1 heterocycles. The Kier molecular flexibility index (Phi) is 8.87. The minimum Gasteiger partial charge on any atom is -0.310 e. The minimum atomic E-state index is 1.09. The lowest BCUT2D eigenvalue weighted by molar-refractivity contribution is 1.19. The zero-order chi connectivity index (χ0) is 39.8. The predicted octanol–water partition coefficient (Wildman–Crippen LogP) is 16.1. The van der Waals surface area contributed by atoms with Crippen LogP contribution in [0, 0.1) is 0 Å². The molecule has 0 spiro atoms. The molecule has 282 valence electrons. The van der Waals surface area contributed by atoms with Gasteiger partial charge in [0.1, 0.15) is 0 Å². The van der Waals surface area contributed by atoms with Crippen molar-refractivity contribution in [2.45, 2.75) is 0 Å². The van der Waals surface area contributed by atoms with Crippen molar-refractivity contribution in [1.82, 2.24) is 4.57 Å². The largest absolute Gasteiger partial charge is 0.310 e. The summed E-state index contributed by atoms with van der Waals surface area (Å²) in [4.78, 5) is 2.39. The Balaban J connectivity index is 1.09. The number of hydrogen-bond acceptors (Lipinski definition) is 1. The third-order valence-electron chi connectivity index (χ3n) is 11.8. The lowest BCUT2D eigenvalue weighted by Gasteiger charge is -2.27. The first kappa shape index (κ1) is 35.2. The van der Waals surface area contributed by atoms with E-state index in [1.807, 2.05) is 0 Å². The van der Waals surface area contributed by atoms with E-state index in [1.54, 1.807) is 0 Å². The molecule has 11 rings (SSSR count). The molecule has 0 aliphatic carbocycles. The molecule has 0 aliphatic heterocycles. The van der Waals surface area contributed by atoms with Crippen molar-refractivity contribution >= 4 is 49.6 Å². The van der Waals surface area contributed by atoms with Crippen molar-refractivity contribution in [3.63, 3.8) is 0 Å². The van der Waals surface area contributed by atoms with Crippen molar-refractivity contribution in [2.75, 3.05) is 4.90 Å². The predicted molar refractivity (Wildman–Crippen MR) is 255 cm³/mol. The third kappa shape index (κ3) is 6.23. The Hall–Kier alpha value is -7.94. The van der Waals surface area contributed by atoms with E-state index in [1.165, 1.54) is 71.5 Å². The maximum atomic E-state index is 2.44. The van der Waals surface area contributed by atoms with Crippen LogP contribution in [0.4, 0.5) is 17.1 Å². The monoisotopic (exact) mass is 764 g/mol. The number of benzene rings is 10. The number of anilines is 3. The fraction of sp³-hybridized carbons (Fsp3) is 0. The first-order valence-electron chi connectivity index (χ1n) is 20.6. The van der Waals surface area contributed by atoms with E-state index >= 15 is 0 Å². The second-order valence-electron chi connectivity index (χ2n) is 15.3. The number of para-hydroxylation sites is 1. The molecule has 0 aliphatic rings. The van der Waals surface area contributed by atoms with Crippen LogP contribution in [-0.4, -0.2) is 4.57 Å². The zero-order valence-electron chi connectivity index (χ0n) is 33.0. The van der Waals surface area contributed by atoms with Gasteiger partial charge < -0.3 is 9.47 Å². The van der Waals surface area contributed by atoms with Gasteiger partial charge in [-0.25, -0.2) is 0 Å². The summed E-state index contributed by atoms with van der Waals surface area (Å²) in [5, 5.41) is 4.97. The van der Waals surface area contributed by atoms with Gasteiger partial charge in [-0.2, -0.15) is 0 Å². The molecule has 0 saturated heterocycles. The van der Waals surface area contributed by atoms with Crippen molar-refractivity contribution in [3.8, 4) is 50.2 Å². The highest BCUT2D eigenvalue weighted by Crippen LogP contribution is 2.44. The molecule has 0 atom stereocenters. The average Bonchev–Trinajstić information content (AvgIpc) is 3.68. The van der Waals surface area contributed by atoms with Crippen molar-refractivity contribution in [2.24, 2.45) is 0 Å². The molecule has 10 aromatic carbocycles. The molecule has 0 unspecified atom stereocenters. The molecular formula is C58H40N2. The summed E-state index contributed by atoms with van der Waals surface area (Å²) >= 11 is 0. The van der Waals surface area contributed by atoms with Crippen molar-refractivity contribution < 1.29 is 0 Å². The summed E-state index contributed by atoms with van der Waals surface area (Å²) in [6, 6.07) is 87.8. The van der Waals surface area contributed by atoms with Crippen LogP contribution >= 0.6 is 0 Å². The van der Waals surface area contributed by atoms with Gasteiger partial charge in [-0.15, -0.1) is 0 Å². The van der Waals surface area contributed by atoms with E-state index in [-0.39, 0.29) is 0 Å². The summed E-state index contributed by atoms with van der Waals surface area (Å²) in [7, 11) is 0. The molecule has 11 aromatic rings. The van der Waals surface area contributed by atoms with Gasteiger partial charge in [-0.1, -0.05) is 188 Å². The Morgan fingerprint density at radius 1 is 0.300 bits per heavy atom. The number of nitrogens with zero attached hydrogens (tertiary/aromatic N) is 2. The van der Waals surface area contributed by atoms with Crippen molar-refractivity contribution in [1.29, 1.82) is 0 Å². The van der Waals surface area contributed by atoms with E-state index in [0.717, 1.165) is 28.3 Å². The summed E-state index contributed by atoms with van der Waals surface area (Å²) in [5.41, 5.74) is 16.4. The molecule has 0 radical (unpaired) electrons. The topological polar surface area (TPSA) is 8.17 Å². The summed E-state index contributed by atoms with van der Waals surface area (Å²) in [6.45, 7) is 0. The first-order valence-corrected chi connectivity index (χ1v) is 20.6. The Morgan fingerprint density at radius 2 is 0.833 bits per heavy atom. The van der Waals surface area contributed by atoms with Gasteiger partial charge in [0.2, 0.25) is 0 Å². The van der Waals surface area contributed by atoms with Crippen LogP contribution in [0.15, 0.2) is 243 Å². The van der Waals surface area contributed by atoms with Crippen LogP contribution < -0.4 is 4.90 Å². The molecule has 0 N–H and O–H groups in total. The van der Waals surface area contributed by atoms with Crippen LogP contribution in [0.5, 0.6) is 0 Å². The van der Waals surface area contributed by atoms with Gasteiger partial charge >= 0.3 is 0 Å². The standard InChI is InChI=1S/C58H40N2/c1-4-17-41(18-5-1)45-22-14-26-49(39-45)59(48-36-33-44(34-37-48)52-29-13-12-28-51(52)42-19-6-2-7-20-42)50-27-15-23-46(40-50)53-31-16-32-56-57(53)55-38-35-43-21-10-11-30-54(43)58(55)60(56)47-24-8-3-9-25-47/h1-40H. The fourth-order valence-corrected chi connectivity index (χ4v) is 9.02. The molecule has 0 amide bonds. The van der Waals surface area contributed by atoms with Gasteiger partial charge in [0, 0.05) is 38.9 Å². The highest BCUT2D eigenvalue weighted by atomic mass is 15.1. The van der Waals surface area contributed by atoms with E-state index < -0.39 is 0 Å². The molecule has 0 bridgehead atoms. The molecule has 0 fully saturated rings. The van der Waals surface area contributed by atoms with Crippen molar-refractivity contribution in [3.05, 3.63) is 243 Å². The van der Waals surface area contributed by atoms with Gasteiger partial charge in [0.25, 0.3) is 0 Å². The Bertz CT molecular complexity index is 3290. The van der Waals surface area contributed by atoms with Crippen LogP contribution in [-0.2, 0) is 0 Å². The average molecular weight is 765 g/mol. The Labute approximate surface area is 350 Å². The number of fused-ring (bicyclic) bond motifs is 5. The highest BCUT2D eigenvalue weighted by Gasteiger charge is 2.20. The zero-order valence-corrected chi connectivity index (χ0v) is 33.0. The number of hydrogen-bond donors (Lipinski definition) is 0.